The van der Waals surface area contributed by atoms with Gasteiger partial charge in [-0.05, 0) is 47.0 Å². The van der Waals surface area contributed by atoms with Crippen LogP contribution in [0.15, 0.2) is 79.3 Å². The Bertz CT molecular complexity index is 1440. The van der Waals surface area contributed by atoms with E-state index in [4.69, 9.17) is 11.6 Å². The number of benzene rings is 3. The van der Waals surface area contributed by atoms with Crippen LogP contribution in [-0.4, -0.2) is 27.6 Å². The zero-order valence-electron chi connectivity index (χ0n) is 18.2. The molecular formula is C26H18ClFN4O3. The van der Waals surface area contributed by atoms with E-state index in [9.17, 15) is 18.8 Å². The number of Topliss-reactive ketones (excluding diaryl/α,β-unsaturated/α-hetero) is 1. The monoisotopic (exact) mass is 488 g/mol. The van der Waals surface area contributed by atoms with Crippen LogP contribution < -0.4 is 10.2 Å². The Kier molecular flexibility index (Phi) is 5.88. The maximum atomic E-state index is 14.1. The molecule has 7 nitrogen and oxygen atoms in total. The van der Waals surface area contributed by atoms with Crippen molar-refractivity contribution >= 4 is 34.9 Å². The van der Waals surface area contributed by atoms with Gasteiger partial charge in [0, 0.05) is 11.6 Å². The van der Waals surface area contributed by atoms with E-state index in [1.54, 1.807) is 61.1 Å². The lowest BCUT2D eigenvalue weighted by atomic mass is 10.0. The van der Waals surface area contributed by atoms with Crippen LogP contribution in [0.3, 0.4) is 0 Å². The highest BCUT2D eigenvalue weighted by molar-refractivity contribution is 6.52. The second-order valence-electron chi connectivity index (χ2n) is 8.00. The summed E-state index contributed by atoms with van der Waals surface area (Å²) in [5.41, 5.74) is 2.92. The van der Waals surface area contributed by atoms with Crippen LogP contribution in [0.2, 0.25) is 5.02 Å². The topological polar surface area (TPSA) is 95.2 Å². The Morgan fingerprint density at radius 2 is 1.89 bits per heavy atom. The molecule has 1 unspecified atom stereocenters. The third-order valence-corrected chi connectivity index (χ3v) is 6.01. The number of H-pyrrole nitrogens is 1. The van der Waals surface area contributed by atoms with E-state index in [1.807, 2.05) is 0 Å². The molecule has 0 radical (unpaired) electrons. The van der Waals surface area contributed by atoms with Crippen molar-refractivity contribution in [3.8, 4) is 11.3 Å². The highest BCUT2D eigenvalue weighted by atomic mass is 35.5. The maximum Gasteiger partial charge on any atom is 0.300 e. The third kappa shape index (κ3) is 4.31. The van der Waals surface area contributed by atoms with E-state index in [-0.39, 0.29) is 17.8 Å². The van der Waals surface area contributed by atoms with Gasteiger partial charge in [0.25, 0.3) is 11.7 Å². The van der Waals surface area contributed by atoms with E-state index >= 15 is 0 Å². The molecule has 35 heavy (non-hydrogen) atoms. The summed E-state index contributed by atoms with van der Waals surface area (Å²) in [5, 5.41) is 3.33. The van der Waals surface area contributed by atoms with Crippen molar-refractivity contribution in [3.63, 3.8) is 0 Å². The number of ketones is 1. The molecule has 2 amide bonds. The molecule has 0 fully saturated rings. The number of hydrogen-bond donors (Lipinski definition) is 2. The van der Waals surface area contributed by atoms with Gasteiger partial charge in [-0.15, -0.1) is 0 Å². The van der Waals surface area contributed by atoms with Crippen molar-refractivity contribution in [2.24, 2.45) is 0 Å². The lowest BCUT2D eigenvalue weighted by Crippen LogP contribution is -2.43. The molecule has 3 aromatic carbocycles. The smallest absolute Gasteiger partial charge is 0.300 e. The molecule has 0 bridgehead atoms. The highest BCUT2D eigenvalue weighted by Gasteiger charge is 2.43. The van der Waals surface area contributed by atoms with Gasteiger partial charge >= 0.3 is 0 Å². The second-order valence-corrected chi connectivity index (χ2v) is 8.44. The number of halogens is 2. The first kappa shape index (κ1) is 22.5. The maximum absolute atomic E-state index is 14.1. The standard InChI is InChI=1S/C26H18ClFN4O3/c27-18-3-1-2-15(10-18)12-30-25(34)23(17-6-4-16(5-7-17)21-13-29-14-31-21)32-22-11-19(28)8-9-20(22)24(33)26(32)35/h1-11,13-14,23H,12H2,(H,29,31)(H,30,34). The Morgan fingerprint density at radius 1 is 1.09 bits per heavy atom. The van der Waals surface area contributed by atoms with Gasteiger partial charge in [0.05, 0.1) is 29.5 Å². The van der Waals surface area contributed by atoms with Gasteiger partial charge in [0.2, 0.25) is 5.91 Å². The minimum absolute atomic E-state index is 0.0538. The van der Waals surface area contributed by atoms with Crippen molar-refractivity contribution < 1.29 is 18.8 Å². The molecule has 2 N–H and O–H groups in total. The van der Waals surface area contributed by atoms with Crippen LogP contribution in [0.25, 0.3) is 11.3 Å². The molecule has 2 heterocycles. The van der Waals surface area contributed by atoms with Crippen LogP contribution in [0, 0.1) is 5.82 Å². The van der Waals surface area contributed by atoms with Crippen LogP contribution in [0.1, 0.15) is 27.5 Å². The average Bonchev–Trinajstić information content (AvgIpc) is 3.47. The van der Waals surface area contributed by atoms with E-state index < -0.39 is 29.5 Å². The van der Waals surface area contributed by atoms with Gasteiger partial charge in [0.15, 0.2) is 0 Å². The third-order valence-electron chi connectivity index (χ3n) is 5.77. The van der Waals surface area contributed by atoms with Gasteiger partial charge in [-0.2, -0.15) is 0 Å². The summed E-state index contributed by atoms with van der Waals surface area (Å²) in [4.78, 5) is 47.2. The van der Waals surface area contributed by atoms with Gasteiger partial charge in [-0.3, -0.25) is 19.3 Å². The highest BCUT2D eigenvalue weighted by Crippen LogP contribution is 2.37. The molecule has 1 aliphatic heterocycles. The Hall–Kier alpha value is -4.30. The lowest BCUT2D eigenvalue weighted by molar-refractivity contribution is -0.125. The van der Waals surface area contributed by atoms with Crippen molar-refractivity contribution in [1.29, 1.82) is 0 Å². The minimum Gasteiger partial charge on any atom is -0.350 e. The fourth-order valence-electron chi connectivity index (χ4n) is 4.10. The van der Waals surface area contributed by atoms with Crippen LogP contribution >= 0.6 is 11.6 Å². The van der Waals surface area contributed by atoms with Crippen LogP contribution in [0.5, 0.6) is 0 Å². The molecule has 4 aromatic rings. The molecule has 1 atom stereocenters. The normalized spacial score (nSPS) is 13.6. The molecule has 1 aromatic heterocycles. The van der Waals surface area contributed by atoms with Crippen LogP contribution in [-0.2, 0) is 16.1 Å². The molecule has 0 saturated carbocycles. The average molecular weight is 489 g/mol. The van der Waals surface area contributed by atoms with Gasteiger partial charge in [0.1, 0.15) is 11.9 Å². The Labute approximate surface area is 204 Å². The minimum atomic E-state index is -1.20. The number of carbonyl (C=O) groups excluding carboxylic acids is 3. The second kappa shape index (κ2) is 9.15. The molecule has 0 spiro atoms. The molecular weight excluding hydrogens is 471 g/mol. The first-order valence-electron chi connectivity index (χ1n) is 10.7. The Morgan fingerprint density at radius 3 is 2.60 bits per heavy atom. The van der Waals surface area contributed by atoms with Gasteiger partial charge < -0.3 is 10.3 Å². The van der Waals surface area contributed by atoms with Crippen molar-refractivity contribution in [2.45, 2.75) is 12.6 Å². The largest absolute Gasteiger partial charge is 0.350 e. The predicted molar refractivity (Wildman–Crippen MR) is 128 cm³/mol. The van der Waals surface area contributed by atoms with Gasteiger partial charge in [-0.25, -0.2) is 9.37 Å². The van der Waals surface area contributed by atoms with Crippen molar-refractivity contribution in [3.05, 3.63) is 107 Å². The predicted octanol–water partition coefficient (Wildman–Crippen LogP) is 4.46. The fourth-order valence-corrected chi connectivity index (χ4v) is 4.31. The van der Waals surface area contributed by atoms with Crippen LogP contribution in [0.4, 0.5) is 10.1 Å². The van der Waals surface area contributed by atoms with Gasteiger partial charge in [-0.1, -0.05) is 48.0 Å². The van der Waals surface area contributed by atoms with Crippen molar-refractivity contribution in [2.75, 3.05) is 4.90 Å². The number of aromatic amines is 1. The SMILES string of the molecule is O=C1C(=O)N(C(C(=O)NCc2cccc(Cl)c2)c2ccc(-c3cnc[nH]3)cc2)c2cc(F)ccc21. The zero-order valence-corrected chi connectivity index (χ0v) is 18.9. The summed E-state index contributed by atoms with van der Waals surface area (Å²) >= 11 is 6.04. The number of imidazole rings is 1. The summed E-state index contributed by atoms with van der Waals surface area (Å²) in [6.45, 7) is 0.147. The molecule has 0 aliphatic carbocycles. The molecule has 5 rings (SSSR count). The van der Waals surface area contributed by atoms with E-state index in [0.717, 1.165) is 33.9 Å². The number of nitrogens with zero attached hydrogens (tertiary/aromatic N) is 2. The van der Waals surface area contributed by atoms with E-state index in [0.29, 0.717) is 10.6 Å². The number of nitrogens with one attached hydrogen (secondary N) is 2. The number of aromatic nitrogens is 2. The Balaban J connectivity index is 1.53. The first-order valence-corrected chi connectivity index (χ1v) is 11.1. The number of hydrogen-bond acceptors (Lipinski definition) is 4. The number of anilines is 1. The number of fused-ring (bicyclic) bond motifs is 1. The summed E-state index contributed by atoms with van der Waals surface area (Å²) in [6, 6.07) is 16.2. The lowest BCUT2D eigenvalue weighted by Gasteiger charge is -2.27. The molecule has 9 heteroatoms. The zero-order chi connectivity index (χ0) is 24.5. The number of rotatable bonds is 6. The number of carbonyl (C=O) groups is 3. The molecule has 0 saturated heterocycles. The fraction of sp³-hybridized carbons (Fsp3) is 0.0769. The number of amides is 2. The molecule has 1 aliphatic rings. The summed E-state index contributed by atoms with van der Waals surface area (Å²) in [7, 11) is 0. The molecule has 174 valence electrons. The summed E-state index contributed by atoms with van der Waals surface area (Å²) < 4.78 is 14.1. The van der Waals surface area contributed by atoms with E-state index in [1.165, 1.54) is 6.07 Å². The summed E-state index contributed by atoms with van der Waals surface area (Å²) in [5.74, 6) is -2.84. The first-order chi connectivity index (χ1) is 16.9. The quantitative estimate of drug-likeness (QED) is 0.392. The summed E-state index contributed by atoms with van der Waals surface area (Å²) in [6.07, 6.45) is 3.21. The van der Waals surface area contributed by atoms with E-state index in [2.05, 4.69) is 15.3 Å². The van der Waals surface area contributed by atoms with Crippen molar-refractivity contribution in [1.82, 2.24) is 15.3 Å².